The second-order valence-electron chi connectivity index (χ2n) is 3.29. The Bertz CT molecular complexity index is 278. The first-order valence-electron chi connectivity index (χ1n) is 4.89. The van der Waals surface area contributed by atoms with E-state index in [2.05, 4.69) is 29.1 Å². The number of thioether (sulfide) groups is 1. The van der Waals surface area contributed by atoms with E-state index in [4.69, 9.17) is 0 Å². The Labute approximate surface area is 89.7 Å². The van der Waals surface area contributed by atoms with Crippen molar-refractivity contribution in [2.75, 3.05) is 18.1 Å². The molecule has 3 nitrogen and oxygen atoms in total. The van der Waals surface area contributed by atoms with Crippen LogP contribution in [-0.2, 0) is 0 Å². The summed E-state index contributed by atoms with van der Waals surface area (Å²) in [6, 6.07) is 1.95. The van der Waals surface area contributed by atoms with E-state index in [0.717, 1.165) is 16.7 Å². The second kappa shape index (κ2) is 5.86. The van der Waals surface area contributed by atoms with Gasteiger partial charge in [-0.3, -0.25) is 0 Å². The number of anilines is 1. The van der Waals surface area contributed by atoms with Gasteiger partial charge in [0.25, 0.3) is 0 Å². The molecule has 0 radical (unpaired) electrons. The molecule has 0 saturated carbocycles. The van der Waals surface area contributed by atoms with Gasteiger partial charge in [0.2, 0.25) is 5.95 Å². The van der Waals surface area contributed by atoms with E-state index >= 15 is 0 Å². The third kappa shape index (κ3) is 3.54. The van der Waals surface area contributed by atoms with Crippen LogP contribution in [0.5, 0.6) is 0 Å². The largest absolute Gasteiger partial charge is 0.357 e. The molecule has 0 saturated heterocycles. The van der Waals surface area contributed by atoms with Crippen LogP contribution in [0.1, 0.15) is 20.3 Å². The Balaban J connectivity index is 2.50. The summed E-state index contributed by atoms with van der Waals surface area (Å²) in [5.74, 6) is 2.56. The van der Waals surface area contributed by atoms with Crippen LogP contribution >= 0.6 is 11.8 Å². The fourth-order valence-electron chi connectivity index (χ4n) is 0.888. The van der Waals surface area contributed by atoms with Crippen molar-refractivity contribution in [2.45, 2.75) is 25.3 Å². The summed E-state index contributed by atoms with van der Waals surface area (Å²) in [6.45, 7) is 4.47. The monoisotopic (exact) mass is 211 g/mol. The van der Waals surface area contributed by atoms with Crippen molar-refractivity contribution in [3.8, 4) is 0 Å². The normalized spacial score (nSPS) is 12.5. The van der Waals surface area contributed by atoms with Crippen molar-refractivity contribution in [2.24, 2.45) is 5.92 Å². The average molecular weight is 211 g/mol. The maximum absolute atomic E-state index is 4.34. The van der Waals surface area contributed by atoms with E-state index in [1.165, 1.54) is 6.42 Å². The van der Waals surface area contributed by atoms with Gasteiger partial charge in [-0.05, 0) is 12.0 Å². The van der Waals surface area contributed by atoms with Crippen LogP contribution in [0.4, 0.5) is 5.95 Å². The van der Waals surface area contributed by atoms with E-state index < -0.39 is 0 Å². The second-order valence-corrected chi connectivity index (χ2v) is 4.33. The molecule has 0 amide bonds. The van der Waals surface area contributed by atoms with Crippen molar-refractivity contribution < 1.29 is 0 Å². The smallest absolute Gasteiger partial charge is 0.223 e. The van der Waals surface area contributed by atoms with Crippen LogP contribution in [0, 0.1) is 5.92 Å². The van der Waals surface area contributed by atoms with Gasteiger partial charge in [-0.15, -0.1) is 11.8 Å². The molecular weight excluding hydrogens is 194 g/mol. The summed E-state index contributed by atoms with van der Waals surface area (Å²) in [5.41, 5.74) is 0. The third-order valence-corrected chi connectivity index (χ3v) is 3.33. The maximum Gasteiger partial charge on any atom is 0.223 e. The fourth-order valence-corrected chi connectivity index (χ4v) is 1.89. The fraction of sp³-hybridized carbons (Fsp3) is 0.600. The number of hydrogen-bond donors (Lipinski definition) is 1. The molecule has 1 aromatic heterocycles. The highest BCUT2D eigenvalue weighted by Crippen LogP contribution is 2.20. The Morgan fingerprint density at radius 1 is 1.57 bits per heavy atom. The molecule has 1 unspecified atom stereocenters. The lowest BCUT2D eigenvalue weighted by atomic mass is 10.2. The Morgan fingerprint density at radius 3 is 3.00 bits per heavy atom. The number of aromatic nitrogens is 2. The van der Waals surface area contributed by atoms with E-state index in [0.29, 0.717) is 5.95 Å². The molecule has 0 spiro atoms. The topological polar surface area (TPSA) is 37.8 Å². The zero-order chi connectivity index (χ0) is 10.4. The lowest BCUT2D eigenvalue weighted by Crippen LogP contribution is -1.99. The molecule has 1 aromatic rings. The quantitative estimate of drug-likeness (QED) is 0.600. The minimum absolute atomic E-state index is 0.694. The highest BCUT2D eigenvalue weighted by atomic mass is 32.2. The minimum atomic E-state index is 0.694. The van der Waals surface area contributed by atoms with Crippen LogP contribution in [0.15, 0.2) is 17.3 Å². The van der Waals surface area contributed by atoms with Crippen LogP contribution < -0.4 is 5.32 Å². The minimum Gasteiger partial charge on any atom is -0.357 e. The summed E-state index contributed by atoms with van der Waals surface area (Å²) in [4.78, 5) is 8.41. The third-order valence-electron chi connectivity index (χ3n) is 2.07. The van der Waals surface area contributed by atoms with E-state index in [-0.39, 0.29) is 0 Å². The summed E-state index contributed by atoms with van der Waals surface area (Å²) in [7, 11) is 1.83. The highest BCUT2D eigenvalue weighted by Gasteiger charge is 2.02. The Kier molecular flexibility index (Phi) is 4.73. The van der Waals surface area contributed by atoms with E-state index in [1.807, 2.05) is 13.1 Å². The number of hydrogen-bond acceptors (Lipinski definition) is 4. The molecule has 78 valence electrons. The van der Waals surface area contributed by atoms with Gasteiger partial charge in [0.15, 0.2) is 0 Å². The molecule has 0 aliphatic rings. The van der Waals surface area contributed by atoms with Gasteiger partial charge in [-0.25, -0.2) is 9.97 Å². The SMILES string of the molecule is CCC(C)CSc1ccnc(NC)n1. The molecule has 0 aromatic carbocycles. The molecule has 1 heterocycles. The van der Waals surface area contributed by atoms with Gasteiger partial charge in [0, 0.05) is 19.0 Å². The number of rotatable bonds is 5. The summed E-state index contributed by atoms with van der Waals surface area (Å²) >= 11 is 1.79. The van der Waals surface area contributed by atoms with E-state index in [1.54, 1.807) is 18.0 Å². The van der Waals surface area contributed by atoms with Crippen molar-refractivity contribution in [3.63, 3.8) is 0 Å². The van der Waals surface area contributed by atoms with Gasteiger partial charge >= 0.3 is 0 Å². The predicted octanol–water partition coefficient (Wildman–Crippen LogP) is 2.66. The average Bonchev–Trinajstić information content (AvgIpc) is 2.26. The molecule has 1 atom stereocenters. The standard InChI is InChI=1S/C10H17N3S/c1-4-8(2)7-14-9-5-6-12-10(11-3)13-9/h5-6,8H,4,7H2,1-3H3,(H,11,12,13). The molecule has 0 aliphatic heterocycles. The van der Waals surface area contributed by atoms with Crippen LogP contribution in [0.25, 0.3) is 0 Å². The molecule has 1 rings (SSSR count). The first-order valence-corrected chi connectivity index (χ1v) is 5.88. The van der Waals surface area contributed by atoms with E-state index in [9.17, 15) is 0 Å². The van der Waals surface area contributed by atoms with Crippen molar-refractivity contribution >= 4 is 17.7 Å². The summed E-state index contributed by atoms with van der Waals surface area (Å²) < 4.78 is 0. The lowest BCUT2D eigenvalue weighted by Gasteiger charge is -2.07. The van der Waals surface area contributed by atoms with Crippen molar-refractivity contribution in [1.29, 1.82) is 0 Å². The summed E-state index contributed by atoms with van der Waals surface area (Å²) in [5, 5.41) is 3.98. The highest BCUT2D eigenvalue weighted by molar-refractivity contribution is 7.99. The zero-order valence-corrected chi connectivity index (χ0v) is 9.77. The summed E-state index contributed by atoms with van der Waals surface area (Å²) in [6.07, 6.45) is 3.01. The molecule has 0 fully saturated rings. The maximum atomic E-state index is 4.34. The number of nitrogens with one attached hydrogen (secondary N) is 1. The van der Waals surface area contributed by atoms with Gasteiger partial charge in [0.1, 0.15) is 5.03 Å². The van der Waals surface area contributed by atoms with Gasteiger partial charge in [-0.2, -0.15) is 0 Å². The molecule has 0 bridgehead atoms. The Hall–Kier alpha value is -0.770. The van der Waals surface area contributed by atoms with Crippen LogP contribution in [-0.4, -0.2) is 22.8 Å². The number of nitrogens with zero attached hydrogens (tertiary/aromatic N) is 2. The Morgan fingerprint density at radius 2 is 2.36 bits per heavy atom. The molecule has 4 heteroatoms. The van der Waals surface area contributed by atoms with Gasteiger partial charge in [0.05, 0.1) is 0 Å². The molecular formula is C10H17N3S. The molecule has 1 N–H and O–H groups in total. The predicted molar refractivity (Wildman–Crippen MR) is 61.8 cm³/mol. The zero-order valence-electron chi connectivity index (χ0n) is 8.95. The van der Waals surface area contributed by atoms with Crippen molar-refractivity contribution in [1.82, 2.24) is 9.97 Å². The van der Waals surface area contributed by atoms with Crippen molar-refractivity contribution in [3.05, 3.63) is 12.3 Å². The molecule has 14 heavy (non-hydrogen) atoms. The first-order chi connectivity index (χ1) is 6.76. The van der Waals surface area contributed by atoms with Crippen LogP contribution in [0.3, 0.4) is 0 Å². The lowest BCUT2D eigenvalue weighted by molar-refractivity contribution is 0.636. The molecule has 0 aliphatic carbocycles. The van der Waals surface area contributed by atoms with Gasteiger partial charge in [-0.1, -0.05) is 20.3 Å². The first kappa shape index (κ1) is 11.3. The van der Waals surface area contributed by atoms with Gasteiger partial charge < -0.3 is 5.32 Å². The van der Waals surface area contributed by atoms with Crippen LogP contribution in [0.2, 0.25) is 0 Å².